The van der Waals surface area contributed by atoms with Crippen LogP contribution in [0.2, 0.25) is 0 Å². The number of benzene rings is 2. The molecular weight excluding hydrogens is 338 g/mol. The van der Waals surface area contributed by atoms with Gasteiger partial charge in [-0.3, -0.25) is 0 Å². The van der Waals surface area contributed by atoms with Crippen LogP contribution in [-0.2, 0) is 20.9 Å². The van der Waals surface area contributed by atoms with Crippen molar-refractivity contribution in [2.24, 2.45) is 0 Å². The van der Waals surface area contributed by atoms with Gasteiger partial charge in [0.15, 0.2) is 0 Å². The van der Waals surface area contributed by atoms with Crippen molar-refractivity contribution >= 4 is 18.0 Å². The fourth-order valence-corrected chi connectivity index (χ4v) is 2.08. The molecule has 0 radical (unpaired) electrons. The molecule has 0 fully saturated rings. The van der Waals surface area contributed by atoms with E-state index in [-0.39, 0.29) is 25.1 Å². The number of aliphatic carboxylic acids is 1. The maximum absolute atomic E-state index is 11.9. The number of esters is 1. The molecular formula is C19H19NO6. The number of nitrogens with one attached hydrogen (secondary N) is 1. The number of carboxylic acid groups (broad SMARTS) is 1. The van der Waals surface area contributed by atoms with Crippen molar-refractivity contribution in [3.8, 4) is 0 Å². The molecule has 26 heavy (non-hydrogen) atoms. The molecule has 0 unspecified atom stereocenters. The highest BCUT2D eigenvalue weighted by Crippen LogP contribution is 2.07. The normalized spacial score (nSPS) is 11.2. The average molecular weight is 357 g/mol. The monoisotopic (exact) mass is 357 g/mol. The summed E-state index contributed by atoms with van der Waals surface area (Å²) in [5, 5.41) is 11.6. The molecule has 1 atom stereocenters. The summed E-state index contributed by atoms with van der Waals surface area (Å²) in [5.41, 5.74) is 1.09. The first-order valence-corrected chi connectivity index (χ1v) is 7.99. The van der Waals surface area contributed by atoms with E-state index in [9.17, 15) is 14.4 Å². The Morgan fingerprint density at radius 2 is 1.58 bits per heavy atom. The van der Waals surface area contributed by atoms with Crippen molar-refractivity contribution < 1.29 is 29.0 Å². The van der Waals surface area contributed by atoms with Crippen LogP contribution < -0.4 is 5.32 Å². The van der Waals surface area contributed by atoms with E-state index in [1.54, 1.807) is 18.2 Å². The van der Waals surface area contributed by atoms with Crippen LogP contribution in [0.1, 0.15) is 22.3 Å². The first-order valence-electron chi connectivity index (χ1n) is 7.99. The summed E-state index contributed by atoms with van der Waals surface area (Å²) >= 11 is 0. The first-order chi connectivity index (χ1) is 12.6. The minimum absolute atomic E-state index is 0.00728. The van der Waals surface area contributed by atoms with Crippen LogP contribution in [0.4, 0.5) is 4.79 Å². The van der Waals surface area contributed by atoms with Gasteiger partial charge in [0.05, 0.1) is 5.56 Å². The summed E-state index contributed by atoms with van der Waals surface area (Å²) in [4.78, 5) is 34.8. The van der Waals surface area contributed by atoms with Gasteiger partial charge in [0.2, 0.25) is 6.10 Å². The van der Waals surface area contributed by atoms with Gasteiger partial charge in [0.1, 0.15) is 6.61 Å². The third-order valence-corrected chi connectivity index (χ3v) is 3.42. The van der Waals surface area contributed by atoms with Crippen molar-refractivity contribution in [2.75, 3.05) is 6.54 Å². The van der Waals surface area contributed by atoms with E-state index in [2.05, 4.69) is 5.32 Å². The van der Waals surface area contributed by atoms with Crippen molar-refractivity contribution in [3.63, 3.8) is 0 Å². The number of hydrogen-bond donors (Lipinski definition) is 2. The largest absolute Gasteiger partial charge is 0.479 e. The van der Waals surface area contributed by atoms with E-state index in [0.29, 0.717) is 0 Å². The molecule has 0 aromatic heterocycles. The Morgan fingerprint density at radius 3 is 2.19 bits per heavy atom. The summed E-state index contributed by atoms with van der Waals surface area (Å²) in [6.45, 7) is 0.102. The zero-order chi connectivity index (χ0) is 18.8. The Morgan fingerprint density at radius 1 is 0.962 bits per heavy atom. The Balaban J connectivity index is 1.75. The van der Waals surface area contributed by atoms with Gasteiger partial charge in [0, 0.05) is 13.0 Å². The average Bonchev–Trinajstić information content (AvgIpc) is 2.67. The van der Waals surface area contributed by atoms with Gasteiger partial charge in [-0.1, -0.05) is 48.5 Å². The van der Waals surface area contributed by atoms with Crippen molar-refractivity contribution in [2.45, 2.75) is 19.1 Å². The van der Waals surface area contributed by atoms with E-state index in [1.807, 2.05) is 30.3 Å². The number of amides is 1. The van der Waals surface area contributed by atoms with E-state index in [0.717, 1.165) is 5.56 Å². The van der Waals surface area contributed by atoms with Crippen LogP contribution in [0.15, 0.2) is 60.7 Å². The van der Waals surface area contributed by atoms with Crippen molar-refractivity contribution in [1.29, 1.82) is 0 Å². The third kappa shape index (κ3) is 6.27. The number of carboxylic acids is 1. The second-order valence-corrected chi connectivity index (χ2v) is 5.38. The van der Waals surface area contributed by atoms with Gasteiger partial charge in [-0.15, -0.1) is 0 Å². The fraction of sp³-hybridized carbons (Fsp3) is 0.211. The maximum Gasteiger partial charge on any atom is 0.407 e. The molecule has 136 valence electrons. The SMILES string of the molecule is O=C(NCC[C@H](OC(=O)c1ccccc1)C(=O)O)OCc1ccccc1. The Hall–Kier alpha value is -3.35. The van der Waals surface area contributed by atoms with Crippen molar-refractivity contribution in [1.82, 2.24) is 5.32 Å². The zero-order valence-corrected chi connectivity index (χ0v) is 14.0. The molecule has 0 aliphatic heterocycles. The second-order valence-electron chi connectivity index (χ2n) is 5.38. The number of carbonyl (C=O) groups is 3. The molecule has 7 heteroatoms. The Kier molecular flexibility index (Phi) is 7.17. The molecule has 2 rings (SSSR count). The lowest BCUT2D eigenvalue weighted by Gasteiger charge is -2.14. The predicted molar refractivity (Wildman–Crippen MR) is 92.5 cm³/mol. The molecule has 2 aromatic carbocycles. The number of rotatable bonds is 8. The molecule has 0 spiro atoms. The molecule has 1 amide bonds. The lowest BCUT2D eigenvalue weighted by molar-refractivity contribution is -0.147. The maximum atomic E-state index is 11.9. The van der Waals surface area contributed by atoms with Crippen LogP contribution in [0, 0.1) is 0 Å². The standard InChI is InChI=1S/C19H19NO6/c21-17(22)16(26-18(23)15-9-5-2-6-10-15)11-12-20-19(24)25-13-14-7-3-1-4-8-14/h1-10,16H,11-13H2,(H,20,24)(H,21,22)/t16-/m0/s1. The molecule has 0 heterocycles. The van der Waals surface area contributed by atoms with Gasteiger partial charge in [-0.2, -0.15) is 0 Å². The van der Waals surface area contributed by atoms with Gasteiger partial charge < -0.3 is 19.9 Å². The highest BCUT2D eigenvalue weighted by molar-refractivity contribution is 5.91. The van der Waals surface area contributed by atoms with Crippen LogP contribution in [0.25, 0.3) is 0 Å². The molecule has 0 aliphatic rings. The minimum atomic E-state index is -1.36. The summed E-state index contributed by atoms with van der Waals surface area (Å²) in [5.74, 6) is -2.02. The summed E-state index contributed by atoms with van der Waals surface area (Å²) < 4.78 is 9.99. The molecule has 0 bridgehead atoms. The number of alkyl carbamates (subject to hydrolysis) is 1. The topological polar surface area (TPSA) is 102 Å². The van der Waals surface area contributed by atoms with Crippen LogP contribution >= 0.6 is 0 Å². The zero-order valence-electron chi connectivity index (χ0n) is 14.0. The number of carbonyl (C=O) groups excluding carboxylic acids is 2. The number of hydrogen-bond acceptors (Lipinski definition) is 5. The van der Waals surface area contributed by atoms with Crippen LogP contribution in [0.3, 0.4) is 0 Å². The van der Waals surface area contributed by atoms with Gasteiger partial charge in [-0.25, -0.2) is 14.4 Å². The van der Waals surface area contributed by atoms with E-state index in [1.165, 1.54) is 12.1 Å². The highest BCUT2D eigenvalue weighted by atomic mass is 16.6. The van der Waals surface area contributed by atoms with Crippen LogP contribution in [0.5, 0.6) is 0 Å². The molecule has 0 saturated carbocycles. The fourth-order valence-electron chi connectivity index (χ4n) is 2.08. The molecule has 0 aliphatic carbocycles. The van der Waals surface area contributed by atoms with Gasteiger partial charge in [-0.05, 0) is 17.7 Å². The van der Waals surface area contributed by atoms with E-state index < -0.39 is 24.1 Å². The number of ether oxygens (including phenoxy) is 2. The van der Waals surface area contributed by atoms with E-state index >= 15 is 0 Å². The summed E-state index contributed by atoms with van der Waals surface area (Å²) in [6, 6.07) is 17.2. The molecule has 2 N–H and O–H groups in total. The Bertz CT molecular complexity index is 732. The molecule has 0 saturated heterocycles. The van der Waals surface area contributed by atoms with Gasteiger partial charge in [0.25, 0.3) is 0 Å². The summed E-state index contributed by atoms with van der Waals surface area (Å²) in [6.07, 6.45) is -2.11. The molecule has 2 aromatic rings. The first kappa shape index (κ1) is 19.0. The minimum Gasteiger partial charge on any atom is -0.479 e. The molecule has 7 nitrogen and oxygen atoms in total. The quantitative estimate of drug-likeness (QED) is 0.704. The third-order valence-electron chi connectivity index (χ3n) is 3.42. The highest BCUT2D eigenvalue weighted by Gasteiger charge is 2.23. The van der Waals surface area contributed by atoms with E-state index in [4.69, 9.17) is 14.6 Å². The second kappa shape index (κ2) is 9.83. The van der Waals surface area contributed by atoms with Gasteiger partial charge >= 0.3 is 18.0 Å². The smallest absolute Gasteiger partial charge is 0.407 e. The summed E-state index contributed by atoms with van der Waals surface area (Å²) in [7, 11) is 0. The van der Waals surface area contributed by atoms with Crippen molar-refractivity contribution in [3.05, 3.63) is 71.8 Å². The Labute approximate surface area is 150 Å². The lowest BCUT2D eigenvalue weighted by atomic mass is 10.2. The predicted octanol–water partition coefficient (Wildman–Crippen LogP) is 2.61. The lowest BCUT2D eigenvalue weighted by Crippen LogP contribution is -2.33. The van der Waals surface area contributed by atoms with Crippen LogP contribution in [-0.4, -0.2) is 35.8 Å².